The van der Waals surface area contributed by atoms with Gasteiger partial charge in [-0.15, -0.1) is 0 Å². The summed E-state index contributed by atoms with van der Waals surface area (Å²) in [6.07, 6.45) is 0.0237. The van der Waals surface area contributed by atoms with Gasteiger partial charge >= 0.3 is 11.9 Å². The fourth-order valence-corrected chi connectivity index (χ4v) is 11.6. The van der Waals surface area contributed by atoms with E-state index in [1.807, 2.05) is 19.9 Å². The smallest absolute Gasteiger partial charge is 0.338 e. The first kappa shape index (κ1) is 32.3. The van der Waals surface area contributed by atoms with E-state index in [1.165, 1.54) is 0 Å². The Morgan fingerprint density at radius 3 is 2.38 bits per heavy atom. The number of epoxide rings is 1. The van der Waals surface area contributed by atoms with Crippen LogP contribution in [0.4, 0.5) is 0 Å². The van der Waals surface area contributed by atoms with Gasteiger partial charge in [-0.3, -0.25) is 0 Å². The normalized spacial score (nSPS) is 54.3. The summed E-state index contributed by atoms with van der Waals surface area (Å²) in [5.74, 6) is -4.73. The molecule has 7 aliphatic rings. The van der Waals surface area contributed by atoms with Gasteiger partial charge in [-0.05, 0) is 61.1 Å². The highest BCUT2D eigenvalue weighted by molar-refractivity contribution is 5.89. The van der Waals surface area contributed by atoms with Crippen molar-refractivity contribution in [2.75, 3.05) is 6.61 Å². The van der Waals surface area contributed by atoms with Crippen LogP contribution in [0.15, 0.2) is 42.5 Å². The lowest BCUT2D eigenvalue weighted by molar-refractivity contribution is -0.458. The third-order valence-electron chi connectivity index (χ3n) is 13.7. The van der Waals surface area contributed by atoms with Crippen LogP contribution in [0.25, 0.3) is 0 Å². The van der Waals surface area contributed by atoms with E-state index in [0.717, 1.165) is 37.7 Å². The van der Waals surface area contributed by atoms with Gasteiger partial charge in [0.25, 0.3) is 0 Å². The maximum absolute atomic E-state index is 13.8. The molecule has 3 saturated carbocycles. The van der Waals surface area contributed by atoms with E-state index in [4.69, 9.17) is 23.7 Å². The lowest BCUT2D eigenvalue weighted by atomic mass is 9.51. The van der Waals surface area contributed by atoms with E-state index in [0.29, 0.717) is 18.4 Å². The molecule has 4 aliphatic heterocycles. The Morgan fingerprint density at radius 2 is 1.70 bits per heavy atom. The van der Waals surface area contributed by atoms with E-state index < -0.39 is 89.2 Å². The van der Waals surface area contributed by atoms with Gasteiger partial charge in [-0.25, -0.2) is 4.79 Å². The second kappa shape index (κ2) is 10.6. The average Bonchev–Trinajstić information content (AvgIpc) is 3.69. The number of aliphatic hydroxyl groups excluding tert-OH is 3. The van der Waals surface area contributed by atoms with Crippen molar-refractivity contribution in [1.29, 1.82) is 0 Å². The fraction of sp³-hybridized carbons (Fsp3) is 0.757. The molecule has 0 aromatic heterocycles. The molecule has 0 amide bonds. The number of hydrogen-bond acceptors (Lipinski definition) is 10. The molecule has 3 bridgehead atoms. The maximum atomic E-state index is 13.8. The summed E-state index contributed by atoms with van der Waals surface area (Å²) in [4.78, 5) is 13.8. The summed E-state index contributed by atoms with van der Waals surface area (Å²) in [6, 6.07) is 8.65. The summed E-state index contributed by atoms with van der Waals surface area (Å²) >= 11 is 0. The molecule has 47 heavy (non-hydrogen) atoms. The van der Waals surface area contributed by atoms with Gasteiger partial charge in [0.2, 0.25) is 0 Å². The van der Waals surface area contributed by atoms with Gasteiger partial charge in [0.15, 0.2) is 0 Å². The van der Waals surface area contributed by atoms with Gasteiger partial charge in [0.05, 0.1) is 17.8 Å². The minimum Gasteiger partial charge on any atom is -0.455 e. The third-order valence-corrected chi connectivity index (χ3v) is 13.7. The summed E-state index contributed by atoms with van der Waals surface area (Å²) in [6.45, 7) is 11.9. The lowest BCUT2D eigenvalue weighted by Gasteiger charge is -2.62. The molecule has 7 fully saturated rings. The summed E-state index contributed by atoms with van der Waals surface area (Å²) < 4.78 is 33.7. The van der Waals surface area contributed by atoms with Crippen LogP contribution in [0.3, 0.4) is 0 Å². The van der Waals surface area contributed by atoms with Crippen molar-refractivity contribution in [3.05, 3.63) is 48.0 Å². The maximum Gasteiger partial charge on any atom is 0.338 e. The van der Waals surface area contributed by atoms with E-state index in [9.17, 15) is 25.2 Å². The van der Waals surface area contributed by atoms with Crippen molar-refractivity contribution in [1.82, 2.24) is 0 Å². The molecule has 4 N–H and O–H groups in total. The molecule has 10 heteroatoms. The van der Waals surface area contributed by atoms with E-state index in [1.54, 1.807) is 24.3 Å². The Hall–Kier alpha value is -1.89. The number of rotatable bonds is 4. The van der Waals surface area contributed by atoms with Crippen LogP contribution in [0, 0.1) is 35.5 Å². The Morgan fingerprint density at radius 1 is 1.00 bits per heavy atom. The molecule has 0 radical (unpaired) electrons. The van der Waals surface area contributed by atoms with E-state index >= 15 is 0 Å². The number of carbonyl (C=O) groups excluding carboxylic acids is 1. The molecule has 1 aromatic rings. The van der Waals surface area contributed by atoms with E-state index in [2.05, 4.69) is 20.4 Å². The second-order valence-corrected chi connectivity index (χ2v) is 16.0. The van der Waals surface area contributed by atoms with Crippen LogP contribution in [-0.2, 0) is 23.7 Å². The predicted octanol–water partition coefficient (Wildman–Crippen LogP) is 3.49. The van der Waals surface area contributed by atoms with Crippen LogP contribution >= 0.6 is 0 Å². The van der Waals surface area contributed by atoms with Crippen molar-refractivity contribution in [2.24, 2.45) is 35.5 Å². The largest absolute Gasteiger partial charge is 0.455 e. The van der Waals surface area contributed by atoms with Crippen molar-refractivity contribution < 1.29 is 48.9 Å². The molecule has 2 unspecified atom stereocenters. The first-order valence-corrected chi connectivity index (χ1v) is 17.7. The molecule has 16 atom stereocenters. The number of esters is 1. The summed E-state index contributed by atoms with van der Waals surface area (Å²) in [5.41, 5.74) is -4.83. The van der Waals surface area contributed by atoms with Crippen LogP contribution in [0.2, 0.25) is 0 Å². The Kier molecular flexibility index (Phi) is 7.26. The number of hydrogen-bond donors (Lipinski definition) is 4. The van der Waals surface area contributed by atoms with Gasteiger partial charge < -0.3 is 44.1 Å². The number of fused-ring (bicyclic) bond motifs is 1. The van der Waals surface area contributed by atoms with Crippen molar-refractivity contribution in [3.63, 3.8) is 0 Å². The molecule has 4 heterocycles. The number of aliphatic hydroxyl groups is 4. The Balaban J connectivity index is 1.37. The van der Waals surface area contributed by atoms with Crippen LogP contribution in [0.5, 0.6) is 0 Å². The summed E-state index contributed by atoms with van der Waals surface area (Å²) in [7, 11) is 0. The minimum atomic E-state index is -2.09. The van der Waals surface area contributed by atoms with E-state index in [-0.39, 0.29) is 17.8 Å². The average molecular weight is 655 g/mol. The molecule has 1 aromatic carbocycles. The van der Waals surface area contributed by atoms with Crippen molar-refractivity contribution in [3.8, 4) is 0 Å². The monoisotopic (exact) mass is 654 g/mol. The molecule has 2 spiro atoms. The highest BCUT2D eigenvalue weighted by Crippen LogP contribution is 2.75. The zero-order valence-electron chi connectivity index (χ0n) is 27.8. The lowest BCUT2D eigenvalue weighted by Crippen LogP contribution is -2.74. The number of ether oxygens (including phenoxy) is 5. The van der Waals surface area contributed by atoms with Crippen LogP contribution in [-0.4, -0.2) is 91.9 Å². The highest BCUT2D eigenvalue weighted by atomic mass is 16.9. The Bertz CT molecular complexity index is 1440. The third kappa shape index (κ3) is 3.93. The second-order valence-electron chi connectivity index (χ2n) is 16.0. The Labute approximate surface area is 276 Å². The first-order chi connectivity index (χ1) is 22.3. The van der Waals surface area contributed by atoms with Gasteiger partial charge in [-0.2, -0.15) is 0 Å². The SMILES string of the molecule is C=C(C)[C@@]12C[C@@H](C)[C@@]34OC5(O[C@@H]1[C@@H]3[C@@H]1O[C@]1(CO)[C@@H](O)[C@@]1(O)[C@H]4[C@H]([C@H](C)[C@@H]1OC(=O)c1ccccc1)[C@H](C)CCCCCCC5O)O2. The van der Waals surface area contributed by atoms with Gasteiger partial charge in [0.1, 0.15) is 47.3 Å². The molecular formula is C37H50O10. The molecule has 258 valence electrons. The quantitative estimate of drug-likeness (QED) is 0.216. The van der Waals surface area contributed by atoms with Crippen molar-refractivity contribution in [2.45, 2.75) is 132 Å². The topological polar surface area (TPSA) is 147 Å². The van der Waals surface area contributed by atoms with Gasteiger partial charge in [-0.1, -0.05) is 77.7 Å². The predicted molar refractivity (Wildman–Crippen MR) is 168 cm³/mol. The minimum absolute atomic E-state index is 0.0521. The fourth-order valence-electron chi connectivity index (χ4n) is 11.6. The number of benzene rings is 1. The molecule has 8 rings (SSSR count). The van der Waals surface area contributed by atoms with Crippen LogP contribution in [0.1, 0.15) is 83.0 Å². The molecule has 3 aliphatic carbocycles. The van der Waals surface area contributed by atoms with Gasteiger partial charge in [0, 0.05) is 11.8 Å². The first-order valence-electron chi connectivity index (χ1n) is 17.7. The molecule has 10 nitrogen and oxygen atoms in total. The summed E-state index contributed by atoms with van der Waals surface area (Å²) in [5, 5.41) is 48.9. The van der Waals surface area contributed by atoms with Crippen LogP contribution < -0.4 is 0 Å². The van der Waals surface area contributed by atoms with Crippen molar-refractivity contribution >= 4 is 5.97 Å². The molecule has 4 saturated heterocycles. The standard InChI is InChI=1S/C37H50O10/c1-19(2)33-17-21(4)36-26-29(33)45-37(46-33,47-36)24(39)16-12-7-6-9-13-20(3)25-22(5)28(43-31(40)23-14-10-8-11-15-23)35(42,27(25)36)32(41)34(18-38)30(26)44-34/h8,10-11,14-15,20-22,24-30,32,38-39,41-42H,1,6-7,9,12-13,16-18H2,2-5H3/t20-,21-,22+,24?,25+,26-,27-,28+,29-,30+,32-,33+,34+,35-,36-,37?/m1/s1. The molecular weight excluding hydrogens is 604 g/mol. The zero-order valence-corrected chi connectivity index (χ0v) is 27.8. The highest BCUT2D eigenvalue weighted by Gasteiger charge is 2.90. The number of carbonyl (C=O) groups is 1. The zero-order chi connectivity index (χ0) is 33.3.